The average molecular weight is 533 g/mol. The molecule has 0 aliphatic rings. The van der Waals surface area contributed by atoms with Crippen LogP contribution in [0.5, 0.6) is 5.88 Å². The molecule has 0 aliphatic heterocycles. The average Bonchev–Trinajstić information content (AvgIpc) is 3.34. The molecular weight excluding hydrogens is 511 g/mol. The monoisotopic (exact) mass is 532 g/mol. The van der Waals surface area contributed by atoms with E-state index in [9.17, 15) is 4.79 Å². The van der Waals surface area contributed by atoms with Crippen molar-refractivity contribution in [3.05, 3.63) is 94.9 Å². The number of halogens is 2. The zero-order valence-corrected chi connectivity index (χ0v) is 21.5. The summed E-state index contributed by atoms with van der Waals surface area (Å²) in [6.45, 7) is 2.42. The van der Waals surface area contributed by atoms with Gasteiger partial charge in [0.15, 0.2) is 5.65 Å². The van der Waals surface area contributed by atoms with E-state index in [-0.39, 0.29) is 5.91 Å². The highest BCUT2D eigenvalue weighted by atomic mass is 35.5. The molecule has 8 nitrogen and oxygen atoms in total. The van der Waals surface area contributed by atoms with Crippen LogP contribution in [0.2, 0.25) is 10.0 Å². The number of nitrogens with zero attached hydrogens (tertiary/aromatic N) is 5. The second-order valence-electron chi connectivity index (χ2n) is 8.09. The first-order valence-corrected chi connectivity index (χ1v) is 12.2. The van der Waals surface area contributed by atoms with Gasteiger partial charge < -0.3 is 4.74 Å². The van der Waals surface area contributed by atoms with Gasteiger partial charge in [-0.3, -0.25) is 15.2 Å². The van der Waals surface area contributed by atoms with Gasteiger partial charge in [0, 0.05) is 46.0 Å². The van der Waals surface area contributed by atoms with Gasteiger partial charge in [-0.2, -0.15) is 5.10 Å². The van der Waals surface area contributed by atoms with Gasteiger partial charge in [0.2, 0.25) is 5.88 Å². The van der Waals surface area contributed by atoms with E-state index in [0.29, 0.717) is 39.4 Å². The Morgan fingerprint density at radius 2 is 1.76 bits per heavy atom. The fourth-order valence-electron chi connectivity index (χ4n) is 3.93. The molecule has 0 unspecified atom stereocenters. The Morgan fingerprint density at radius 3 is 2.46 bits per heavy atom. The number of benzene rings is 2. The third-order valence-electron chi connectivity index (χ3n) is 5.72. The number of anilines is 1. The molecule has 0 saturated carbocycles. The molecule has 2 aromatic carbocycles. The Balaban J connectivity index is 1.54. The molecule has 0 spiro atoms. The first kappa shape index (κ1) is 24.5. The minimum Gasteiger partial charge on any atom is -0.478 e. The molecule has 0 fully saturated rings. The highest BCUT2D eigenvalue weighted by Gasteiger charge is 2.21. The minimum absolute atomic E-state index is 0.312. The van der Waals surface area contributed by atoms with E-state index in [1.807, 2.05) is 43.3 Å². The number of pyridine rings is 1. The molecule has 0 radical (unpaired) electrons. The van der Waals surface area contributed by atoms with Gasteiger partial charge in [-0.15, -0.1) is 0 Å². The Bertz CT molecular complexity index is 1570. The lowest BCUT2D eigenvalue weighted by atomic mass is 10.0. The summed E-state index contributed by atoms with van der Waals surface area (Å²) in [6, 6.07) is 18.5. The number of ether oxygens (including phenoxy) is 1. The molecule has 3 aromatic heterocycles. The number of amides is 1. The van der Waals surface area contributed by atoms with Crippen molar-refractivity contribution in [1.82, 2.24) is 25.0 Å². The maximum atomic E-state index is 13.2. The number of rotatable bonds is 7. The SMILES string of the molecule is CCOc1ccc(N(C)NC(=O)c2cnn3c(-c4ccc(Cl)cc4)c(-c4ccccc4Cl)cnc23)cn1. The van der Waals surface area contributed by atoms with Gasteiger partial charge >= 0.3 is 0 Å². The maximum Gasteiger partial charge on any atom is 0.275 e. The second kappa shape index (κ2) is 10.5. The van der Waals surface area contributed by atoms with Crippen LogP contribution in [0.25, 0.3) is 28.0 Å². The molecule has 0 aliphatic carbocycles. The largest absolute Gasteiger partial charge is 0.478 e. The van der Waals surface area contributed by atoms with Gasteiger partial charge in [0.05, 0.1) is 30.4 Å². The first-order valence-electron chi connectivity index (χ1n) is 11.5. The molecule has 3 heterocycles. The van der Waals surface area contributed by atoms with Crippen molar-refractivity contribution in [3.8, 4) is 28.3 Å². The number of hydrazine groups is 1. The third kappa shape index (κ3) is 4.94. The standard InChI is InChI=1S/C27H22Cl2N6O2/c1-3-37-24-13-12-19(14-30-24)34(2)33-27(36)22-16-32-35-25(17-8-10-18(28)11-9-17)21(15-31-26(22)35)20-6-4-5-7-23(20)29/h4-16H,3H2,1-2H3,(H,33,36). The van der Waals surface area contributed by atoms with E-state index in [1.54, 1.807) is 53.2 Å². The van der Waals surface area contributed by atoms with Crippen LogP contribution < -0.4 is 15.2 Å². The lowest BCUT2D eigenvalue weighted by molar-refractivity contribution is 0.0953. The lowest BCUT2D eigenvalue weighted by Gasteiger charge is -2.19. The lowest BCUT2D eigenvalue weighted by Crippen LogP contribution is -2.39. The number of carbonyl (C=O) groups excluding carboxylic acids is 1. The number of hydrogen-bond acceptors (Lipinski definition) is 6. The summed E-state index contributed by atoms with van der Waals surface area (Å²) in [5, 5.41) is 7.30. The molecule has 1 N–H and O–H groups in total. The Morgan fingerprint density at radius 1 is 0.973 bits per heavy atom. The molecular formula is C27H22Cl2N6O2. The van der Waals surface area contributed by atoms with E-state index in [2.05, 4.69) is 20.5 Å². The van der Waals surface area contributed by atoms with Crippen LogP contribution in [-0.2, 0) is 0 Å². The van der Waals surface area contributed by atoms with Crippen LogP contribution in [-0.4, -0.2) is 39.1 Å². The van der Waals surface area contributed by atoms with Crippen molar-refractivity contribution in [2.24, 2.45) is 0 Å². The van der Waals surface area contributed by atoms with E-state index >= 15 is 0 Å². The van der Waals surface area contributed by atoms with Gasteiger partial charge in [0.25, 0.3) is 5.91 Å². The molecule has 0 saturated heterocycles. The summed E-state index contributed by atoms with van der Waals surface area (Å²) < 4.78 is 7.03. The van der Waals surface area contributed by atoms with Crippen LogP contribution in [0.4, 0.5) is 5.69 Å². The van der Waals surface area contributed by atoms with E-state index in [1.165, 1.54) is 6.20 Å². The minimum atomic E-state index is -0.369. The summed E-state index contributed by atoms with van der Waals surface area (Å²) >= 11 is 12.7. The van der Waals surface area contributed by atoms with Crippen LogP contribution in [0.1, 0.15) is 17.3 Å². The Kier molecular flexibility index (Phi) is 6.94. The quantitative estimate of drug-likeness (QED) is 0.261. The topological polar surface area (TPSA) is 84.7 Å². The third-order valence-corrected chi connectivity index (χ3v) is 6.30. The summed E-state index contributed by atoms with van der Waals surface area (Å²) in [7, 11) is 1.73. The van der Waals surface area contributed by atoms with Crippen LogP contribution in [0, 0.1) is 0 Å². The fraction of sp³-hybridized carbons (Fsp3) is 0.111. The number of fused-ring (bicyclic) bond motifs is 1. The number of aromatic nitrogens is 4. The Hall–Kier alpha value is -4.14. The van der Waals surface area contributed by atoms with Gasteiger partial charge in [-0.05, 0) is 31.2 Å². The highest BCUT2D eigenvalue weighted by molar-refractivity contribution is 6.33. The highest BCUT2D eigenvalue weighted by Crippen LogP contribution is 2.36. The zero-order chi connectivity index (χ0) is 25.9. The smallest absolute Gasteiger partial charge is 0.275 e. The van der Waals surface area contributed by atoms with Gasteiger partial charge in [-0.1, -0.05) is 53.5 Å². The summed E-state index contributed by atoms with van der Waals surface area (Å²) in [4.78, 5) is 22.1. The molecule has 5 rings (SSSR count). The van der Waals surface area contributed by atoms with Crippen molar-refractivity contribution in [1.29, 1.82) is 0 Å². The van der Waals surface area contributed by atoms with Gasteiger partial charge in [0.1, 0.15) is 5.56 Å². The summed E-state index contributed by atoms with van der Waals surface area (Å²) in [6.07, 6.45) is 4.82. The van der Waals surface area contributed by atoms with Crippen molar-refractivity contribution in [2.45, 2.75) is 6.92 Å². The van der Waals surface area contributed by atoms with E-state index < -0.39 is 0 Å². The predicted octanol–water partition coefficient (Wildman–Crippen LogP) is 5.95. The van der Waals surface area contributed by atoms with Crippen LogP contribution >= 0.6 is 23.2 Å². The van der Waals surface area contributed by atoms with Crippen molar-refractivity contribution in [2.75, 3.05) is 18.7 Å². The van der Waals surface area contributed by atoms with E-state index in [4.69, 9.17) is 27.9 Å². The second-order valence-corrected chi connectivity index (χ2v) is 8.93. The number of hydrogen-bond donors (Lipinski definition) is 1. The number of nitrogens with one attached hydrogen (secondary N) is 1. The molecule has 10 heteroatoms. The van der Waals surface area contributed by atoms with Crippen LogP contribution in [0.3, 0.4) is 0 Å². The first-order chi connectivity index (χ1) is 18.0. The van der Waals surface area contributed by atoms with Crippen molar-refractivity contribution in [3.63, 3.8) is 0 Å². The predicted molar refractivity (Wildman–Crippen MR) is 145 cm³/mol. The fourth-order valence-corrected chi connectivity index (χ4v) is 4.30. The van der Waals surface area contributed by atoms with E-state index in [0.717, 1.165) is 22.4 Å². The zero-order valence-electron chi connectivity index (χ0n) is 20.0. The van der Waals surface area contributed by atoms with Crippen molar-refractivity contribution >= 4 is 40.4 Å². The van der Waals surface area contributed by atoms with Gasteiger partial charge in [-0.25, -0.2) is 14.5 Å². The molecule has 1 amide bonds. The molecule has 5 aromatic rings. The van der Waals surface area contributed by atoms with Crippen molar-refractivity contribution < 1.29 is 9.53 Å². The maximum absolute atomic E-state index is 13.2. The summed E-state index contributed by atoms with van der Waals surface area (Å²) in [5.41, 5.74) is 7.39. The molecule has 0 atom stereocenters. The normalized spacial score (nSPS) is 10.9. The molecule has 37 heavy (non-hydrogen) atoms. The molecule has 0 bridgehead atoms. The summed E-state index contributed by atoms with van der Waals surface area (Å²) in [5.74, 6) is 0.147. The van der Waals surface area contributed by atoms with Crippen LogP contribution in [0.15, 0.2) is 79.3 Å². The molecule has 186 valence electrons. The Labute approximate surface area is 223 Å². The number of carbonyl (C=O) groups is 1.